The summed E-state index contributed by atoms with van der Waals surface area (Å²) in [6.45, 7) is 7.00. The topological polar surface area (TPSA) is 50.7 Å². The van der Waals surface area contributed by atoms with Crippen molar-refractivity contribution in [1.29, 1.82) is 0 Å². The molecule has 18 heavy (non-hydrogen) atoms. The molecule has 0 amide bonds. The Morgan fingerprint density at radius 2 is 2.17 bits per heavy atom. The molecule has 102 valence electrons. The number of rotatable bonds is 8. The van der Waals surface area contributed by atoms with Crippen LogP contribution in [0.5, 0.6) is 11.5 Å². The number of phenolic OH excluding ortho intramolecular Hbond substituents is 1. The minimum Gasteiger partial charge on any atom is -0.504 e. The zero-order chi connectivity index (χ0) is 13.4. The molecule has 1 rings (SSSR count). The Morgan fingerprint density at radius 1 is 1.39 bits per heavy atom. The predicted molar refractivity (Wildman–Crippen MR) is 72.0 cm³/mol. The fraction of sp³-hybridized carbons (Fsp3) is 0.571. The monoisotopic (exact) mass is 253 g/mol. The van der Waals surface area contributed by atoms with E-state index in [0.29, 0.717) is 18.3 Å². The molecule has 0 aliphatic carbocycles. The van der Waals surface area contributed by atoms with Gasteiger partial charge in [0.15, 0.2) is 11.5 Å². The van der Waals surface area contributed by atoms with Gasteiger partial charge in [-0.15, -0.1) is 0 Å². The lowest BCUT2D eigenvalue weighted by molar-refractivity contribution is 0.158. The van der Waals surface area contributed by atoms with Gasteiger partial charge in [0, 0.05) is 26.8 Å². The van der Waals surface area contributed by atoms with Gasteiger partial charge in [-0.1, -0.05) is 13.0 Å². The smallest absolute Gasteiger partial charge is 0.161 e. The Hall–Kier alpha value is -1.26. The minimum absolute atomic E-state index is 0.188. The van der Waals surface area contributed by atoms with Crippen LogP contribution in [-0.2, 0) is 11.3 Å². The maximum absolute atomic E-state index is 9.59. The van der Waals surface area contributed by atoms with E-state index in [0.717, 1.165) is 25.3 Å². The Balaban J connectivity index is 2.44. The van der Waals surface area contributed by atoms with E-state index >= 15 is 0 Å². The number of ether oxygens (including phenoxy) is 2. The maximum atomic E-state index is 9.59. The van der Waals surface area contributed by atoms with Crippen molar-refractivity contribution in [1.82, 2.24) is 5.32 Å². The molecule has 2 N–H and O–H groups in total. The van der Waals surface area contributed by atoms with Gasteiger partial charge in [0.2, 0.25) is 0 Å². The normalized spacial score (nSPS) is 12.4. The molecule has 0 aliphatic heterocycles. The fourth-order valence-corrected chi connectivity index (χ4v) is 1.75. The Morgan fingerprint density at radius 3 is 2.83 bits per heavy atom. The van der Waals surface area contributed by atoms with E-state index in [9.17, 15) is 5.11 Å². The highest BCUT2D eigenvalue weighted by molar-refractivity contribution is 5.41. The van der Waals surface area contributed by atoms with Crippen LogP contribution in [-0.4, -0.2) is 32.0 Å². The highest BCUT2D eigenvalue weighted by atomic mass is 16.5. The van der Waals surface area contributed by atoms with Crippen molar-refractivity contribution < 1.29 is 14.6 Å². The minimum atomic E-state index is 0.188. The number of methoxy groups -OCH3 is 1. The van der Waals surface area contributed by atoms with Gasteiger partial charge in [-0.05, 0) is 30.5 Å². The van der Waals surface area contributed by atoms with Crippen LogP contribution in [0.2, 0.25) is 0 Å². The molecule has 4 nitrogen and oxygen atoms in total. The van der Waals surface area contributed by atoms with E-state index in [2.05, 4.69) is 12.2 Å². The maximum Gasteiger partial charge on any atom is 0.161 e. The van der Waals surface area contributed by atoms with Crippen molar-refractivity contribution in [3.63, 3.8) is 0 Å². The van der Waals surface area contributed by atoms with Crippen LogP contribution in [0.15, 0.2) is 18.2 Å². The molecule has 4 heteroatoms. The van der Waals surface area contributed by atoms with E-state index in [4.69, 9.17) is 9.47 Å². The van der Waals surface area contributed by atoms with Crippen LogP contribution < -0.4 is 10.1 Å². The van der Waals surface area contributed by atoms with Gasteiger partial charge in [0.1, 0.15) is 0 Å². The molecule has 0 radical (unpaired) electrons. The van der Waals surface area contributed by atoms with Crippen molar-refractivity contribution in [2.45, 2.75) is 20.4 Å². The van der Waals surface area contributed by atoms with Crippen molar-refractivity contribution in [3.8, 4) is 11.5 Å². The zero-order valence-corrected chi connectivity index (χ0v) is 11.4. The number of nitrogens with one attached hydrogen (secondary N) is 1. The quantitative estimate of drug-likeness (QED) is 0.745. The summed E-state index contributed by atoms with van der Waals surface area (Å²) in [6.07, 6.45) is 0. The van der Waals surface area contributed by atoms with Gasteiger partial charge >= 0.3 is 0 Å². The van der Waals surface area contributed by atoms with Crippen molar-refractivity contribution >= 4 is 0 Å². The van der Waals surface area contributed by atoms with Crippen LogP contribution in [0.3, 0.4) is 0 Å². The van der Waals surface area contributed by atoms with Crippen molar-refractivity contribution in [2.75, 3.05) is 26.9 Å². The first kappa shape index (κ1) is 14.8. The lowest BCUT2D eigenvalue weighted by Gasteiger charge is -2.12. The first-order chi connectivity index (χ1) is 8.67. The summed E-state index contributed by atoms with van der Waals surface area (Å²) >= 11 is 0. The highest BCUT2D eigenvalue weighted by Gasteiger charge is 2.04. The van der Waals surface area contributed by atoms with Crippen LogP contribution >= 0.6 is 0 Å². The zero-order valence-electron chi connectivity index (χ0n) is 11.4. The SMILES string of the molecule is CCOc1cc(CNCC(C)COC)ccc1O. The molecule has 1 aromatic rings. The second-order valence-electron chi connectivity index (χ2n) is 4.43. The summed E-state index contributed by atoms with van der Waals surface area (Å²) in [5, 5.41) is 12.9. The van der Waals surface area contributed by atoms with Gasteiger partial charge in [-0.2, -0.15) is 0 Å². The van der Waals surface area contributed by atoms with Gasteiger partial charge in [-0.3, -0.25) is 0 Å². The van der Waals surface area contributed by atoms with Crippen molar-refractivity contribution in [3.05, 3.63) is 23.8 Å². The number of hydrogen-bond acceptors (Lipinski definition) is 4. The Labute approximate surface area is 109 Å². The molecule has 0 aromatic heterocycles. The predicted octanol–water partition coefficient (Wildman–Crippen LogP) is 2.16. The third kappa shape index (κ3) is 4.94. The van der Waals surface area contributed by atoms with Gasteiger partial charge in [-0.25, -0.2) is 0 Å². The molecule has 0 aliphatic rings. The van der Waals surface area contributed by atoms with Crippen LogP contribution in [0, 0.1) is 5.92 Å². The molecule has 0 heterocycles. The molecule has 0 bridgehead atoms. The molecular formula is C14H23NO3. The van der Waals surface area contributed by atoms with E-state index in [1.165, 1.54) is 0 Å². The van der Waals surface area contributed by atoms with E-state index < -0.39 is 0 Å². The Kier molecular flexibility index (Phi) is 6.54. The molecule has 0 saturated heterocycles. The van der Waals surface area contributed by atoms with Crippen LogP contribution in [0.4, 0.5) is 0 Å². The lowest BCUT2D eigenvalue weighted by atomic mass is 10.1. The third-order valence-electron chi connectivity index (χ3n) is 2.60. The standard InChI is InChI=1S/C14H23NO3/c1-4-18-14-7-12(5-6-13(14)16)9-15-8-11(2)10-17-3/h5-7,11,15-16H,4,8-10H2,1-3H3. The number of hydrogen-bond donors (Lipinski definition) is 2. The molecular weight excluding hydrogens is 230 g/mol. The average Bonchev–Trinajstić information content (AvgIpc) is 2.34. The molecule has 0 spiro atoms. The van der Waals surface area contributed by atoms with Crippen LogP contribution in [0.1, 0.15) is 19.4 Å². The Bertz CT molecular complexity index is 355. The molecule has 1 unspecified atom stereocenters. The lowest BCUT2D eigenvalue weighted by Crippen LogP contribution is -2.23. The third-order valence-corrected chi connectivity index (χ3v) is 2.60. The average molecular weight is 253 g/mol. The van der Waals surface area contributed by atoms with E-state index in [1.807, 2.05) is 19.1 Å². The summed E-state index contributed by atoms with van der Waals surface area (Å²) in [4.78, 5) is 0. The van der Waals surface area contributed by atoms with Crippen LogP contribution in [0.25, 0.3) is 0 Å². The number of phenols is 1. The van der Waals surface area contributed by atoms with E-state index in [1.54, 1.807) is 13.2 Å². The number of aromatic hydroxyl groups is 1. The summed E-state index contributed by atoms with van der Waals surface area (Å²) < 4.78 is 10.4. The summed E-state index contributed by atoms with van der Waals surface area (Å²) in [5.74, 6) is 1.22. The molecule has 0 fully saturated rings. The summed E-state index contributed by atoms with van der Waals surface area (Å²) in [5.41, 5.74) is 1.10. The fourth-order valence-electron chi connectivity index (χ4n) is 1.75. The summed E-state index contributed by atoms with van der Waals surface area (Å²) in [7, 11) is 1.71. The van der Waals surface area contributed by atoms with Crippen molar-refractivity contribution in [2.24, 2.45) is 5.92 Å². The van der Waals surface area contributed by atoms with Gasteiger partial charge in [0.05, 0.1) is 6.61 Å². The first-order valence-electron chi connectivity index (χ1n) is 6.31. The molecule has 1 aromatic carbocycles. The van der Waals surface area contributed by atoms with E-state index in [-0.39, 0.29) is 5.75 Å². The first-order valence-corrected chi connectivity index (χ1v) is 6.31. The number of benzene rings is 1. The van der Waals surface area contributed by atoms with Gasteiger partial charge in [0.25, 0.3) is 0 Å². The molecule has 0 saturated carbocycles. The largest absolute Gasteiger partial charge is 0.504 e. The highest BCUT2D eigenvalue weighted by Crippen LogP contribution is 2.26. The second-order valence-corrected chi connectivity index (χ2v) is 4.43. The summed E-state index contributed by atoms with van der Waals surface area (Å²) in [6, 6.07) is 5.43. The van der Waals surface area contributed by atoms with Gasteiger partial charge < -0.3 is 19.9 Å². The second kappa shape index (κ2) is 7.95. The molecule has 1 atom stereocenters.